The van der Waals surface area contributed by atoms with Crippen molar-refractivity contribution < 1.29 is 4.79 Å². The molecule has 9 heteroatoms. The number of nitrogens with two attached hydrogens (primary N) is 1. The van der Waals surface area contributed by atoms with E-state index in [4.69, 9.17) is 22.4 Å². The normalized spacial score (nSPS) is 16.2. The van der Waals surface area contributed by atoms with Gasteiger partial charge in [-0.05, 0) is 24.5 Å². The standard InChI is InChI=1S/C25H25ClN6O2/c26-21-11-5-4-9-18(21)13-20-23-25(34)31(15-22(33)17-7-2-1-3-8-17)28-16-32(23)29-24(20)30-12-6-10-19(27)14-30/h1-5,7-9,11,16,19H,6,10,12-15,27H2/t19-/m1/s1. The van der Waals surface area contributed by atoms with E-state index in [1.54, 1.807) is 24.3 Å². The van der Waals surface area contributed by atoms with Crippen molar-refractivity contribution in [2.45, 2.75) is 31.8 Å². The third-order valence-corrected chi connectivity index (χ3v) is 6.57. The van der Waals surface area contributed by atoms with Gasteiger partial charge in [-0.1, -0.05) is 60.1 Å². The number of piperidine rings is 1. The average molecular weight is 477 g/mol. The quantitative estimate of drug-likeness (QED) is 0.429. The average Bonchev–Trinajstić information content (AvgIpc) is 3.22. The van der Waals surface area contributed by atoms with E-state index in [1.165, 1.54) is 15.5 Å². The fourth-order valence-corrected chi connectivity index (χ4v) is 4.67. The summed E-state index contributed by atoms with van der Waals surface area (Å²) >= 11 is 6.46. The molecule has 1 aliphatic heterocycles. The third kappa shape index (κ3) is 4.34. The van der Waals surface area contributed by atoms with Crippen molar-refractivity contribution in [2.75, 3.05) is 18.0 Å². The summed E-state index contributed by atoms with van der Waals surface area (Å²) in [5.41, 5.74) is 8.45. The van der Waals surface area contributed by atoms with Gasteiger partial charge in [0.15, 0.2) is 11.6 Å². The summed E-state index contributed by atoms with van der Waals surface area (Å²) in [5, 5.41) is 9.57. The van der Waals surface area contributed by atoms with Gasteiger partial charge in [-0.25, -0.2) is 9.20 Å². The molecule has 174 valence electrons. The molecule has 0 unspecified atom stereocenters. The molecule has 2 aromatic heterocycles. The van der Waals surface area contributed by atoms with Crippen molar-refractivity contribution in [2.24, 2.45) is 5.73 Å². The minimum absolute atomic E-state index is 0.0463. The smallest absolute Gasteiger partial charge is 0.293 e. The van der Waals surface area contributed by atoms with Crippen LogP contribution < -0.4 is 16.2 Å². The Morgan fingerprint density at radius 2 is 1.88 bits per heavy atom. The number of benzene rings is 2. The first kappa shape index (κ1) is 22.3. The van der Waals surface area contributed by atoms with Gasteiger partial charge in [0.2, 0.25) is 0 Å². The number of Topliss-reactive ketones (excluding diaryl/α,β-unsaturated/α-hetero) is 1. The molecule has 0 spiro atoms. The molecule has 2 N–H and O–H groups in total. The zero-order chi connectivity index (χ0) is 23.7. The molecule has 0 aliphatic carbocycles. The number of rotatable bonds is 6. The van der Waals surface area contributed by atoms with Crippen LogP contribution in [0.3, 0.4) is 0 Å². The topological polar surface area (TPSA) is 98.5 Å². The fourth-order valence-electron chi connectivity index (χ4n) is 4.47. The van der Waals surface area contributed by atoms with Gasteiger partial charge in [0, 0.05) is 41.7 Å². The van der Waals surface area contributed by atoms with Crippen LogP contribution in [0, 0.1) is 0 Å². The Balaban J connectivity index is 1.61. The van der Waals surface area contributed by atoms with Gasteiger partial charge >= 0.3 is 0 Å². The highest BCUT2D eigenvalue weighted by Crippen LogP contribution is 2.29. The van der Waals surface area contributed by atoms with Crippen molar-refractivity contribution in [1.29, 1.82) is 0 Å². The Kier molecular flexibility index (Phi) is 6.17. The summed E-state index contributed by atoms with van der Waals surface area (Å²) in [7, 11) is 0. The van der Waals surface area contributed by atoms with Gasteiger partial charge in [0.05, 0.1) is 0 Å². The second kappa shape index (κ2) is 9.40. The van der Waals surface area contributed by atoms with Crippen LogP contribution in [0.25, 0.3) is 5.52 Å². The van der Waals surface area contributed by atoms with Crippen LogP contribution in [0.15, 0.2) is 65.7 Å². The highest BCUT2D eigenvalue weighted by atomic mass is 35.5. The summed E-state index contributed by atoms with van der Waals surface area (Å²) in [4.78, 5) is 28.4. The lowest BCUT2D eigenvalue weighted by Gasteiger charge is -2.31. The lowest BCUT2D eigenvalue weighted by atomic mass is 10.0. The number of halogens is 1. The lowest BCUT2D eigenvalue weighted by Crippen LogP contribution is -2.43. The molecule has 34 heavy (non-hydrogen) atoms. The maximum atomic E-state index is 13.6. The SMILES string of the molecule is N[C@@H]1CCCN(c2nn3cnn(CC(=O)c4ccccc4)c(=O)c3c2Cc2ccccc2Cl)C1. The molecule has 2 aromatic carbocycles. The number of carbonyl (C=O) groups is 1. The molecular weight excluding hydrogens is 452 g/mol. The van der Waals surface area contributed by atoms with Crippen molar-refractivity contribution in [3.8, 4) is 0 Å². The molecule has 1 atom stereocenters. The number of ketones is 1. The fraction of sp³-hybridized carbons (Fsp3) is 0.280. The highest BCUT2D eigenvalue weighted by Gasteiger charge is 2.26. The molecule has 1 aliphatic rings. The van der Waals surface area contributed by atoms with E-state index in [-0.39, 0.29) is 23.9 Å². The van der Waals surface area contributed by atoms with Crippen molar-refractivity contribution in [3.05, 3.63) is 93.0 Å². The van der Waals surface area contributed by atoms with E-state index >= 15 is 0 Å². The van der Waals surface area contributed by atoms with E-state index in [2.05, 4.69) is 10.00 Å². The van der Waals surface area contributed by atoms with Gasteiger partial charge in [0.1, 0.15) is 18.4 Å². The minimum Gasteiger partial charge on any atom is -0.353 e. The second-order valence-corrected chi connectivity index (χ2v) is 9.00. The first-order valence-electron chi connectivity index (χ1n) is 11.3. The molecule has 0 amide bonds. The van der Waals surface area contributed by atoms with Crippen LogP contribution in [0.5, 0.6) is 0 Å². The highest BCUT2D eigenvalue weighted by molar-refractivity contribution is 6.31. The zero-order valence-corrected chi connectivity index (χ0v) is 19.4. The Bertz CT molecular complexity index is 1400. The maximum Gasteiger partial charge on any atom is 0.293 e. The van der Waals surface area contributed by atoms with E-state index in [0.717, 1.165) is 30.5 Å². The first-order valence-corrected chi connectivity index (χ1v) is 11.7. The Morgan fingerprint density at radius 1 is 1.12 bits per heavy atom. The number of hydrogen-bond acceptors (Lipinski definition) is 6. The maximum absolute atomic E-state index is 13.6. The molecular formula is C25H25ClN6O2. The zero-order valence-electron chi connectivity index (χ0n) is 18.6. The third-order valence-electron chi connectivity index (χ3n) is 6.20. The van der Waals surface area contributed by atoms with Gasteiger partial charge in [-0.3, -0.25) is 9.59 Å². The molecule has 0 saturated carbocycles. The molecule has 8 nitrogen and oxygen atoms in total. The van der Waals surface area contributed by atoms with Crippen molar-refractivity contribution in [3.63, 3.8) is 0 Å². The lowest BCUT2D eigenvalue weighted by molar-refractivity contribution is 0.0965. The van der Waals surface area contributed by atoms with Gasteiger partial charge in [-0.2, -0.15) is 5.10 Å². The molecule has 5 rings (SSSR count). The van der Waals surface area contributed by atoms with E-state index < -0.39 is 0 Å². The number of aromatic nitrogens is 4. The molecule has 1 saturated heterocycles. The molecule has 1 fully saturated rings. The van der Waals surface area contributed by atoms with Gasteiger partial charge < -0.3 is 10.6 Å². The van der Waals surface area contributed by atoms with E-state index in [1.807, 2.05) is 30.3 Å². The Morgan fingerprint density at radius 3 is 2.65 bits per heavy atom. The summed E-state index contributed by atoms with van der Waals surface area (Å²) in [6.07, 6.45) is 3.82. The Labute approximate surface area is 201 Å². The molecule has 4 aromatic rings. The van der Waals surface area contributed by atoms with Crippen molar-refractivity contribution in [1.82, 2.24) is 19.4 Å². The number of hydrogen-bond donors (Lipinski definition) is 1. The Hall–Kier alpha value is -3.49. The van der Waals surface area contributed by atoms with Gasteiger partial charge in [0.25, 0.3) is 5.56 Å². The van der Waals surface area contributed by atoms with E-state index in [9.17, 15) is 9.59 Å². The van der Waals surface area contributed by atoms with E-state index in [0.29, 0.717) is 34.9 Å². The first-order chi connectivity index (χ1) is 16.5. The van der Waals surface area contributed by atoms with Crippen LogP contribution >= 0.6 is 11.6 Å². The van der Waals surface area contributed by atoms with Crippen LogP contribution in [0.4, 0.5) is 5.82 Å². The van der Waals surface area contributed by atoms with Crippen molar-refractivity contribution >= 4 is 28.7 Å². The monoisotopic (exact) mass is 476 g/mol. The summed E-state index contributed by atoms with van der Waals surface area (Å²) in [5.74, 6) is 0.523. The molecule has 3 heterocycles. The summed E-state index contributed by atoms with van der Waals surface area (Å²) in [6.45, 7) is 1.31. The van der Waals surface area contributed by atoms with Crippen LogP contribution in [-0.2, 0) is 13.0 Å². The van der Waals surface area contributed by atoms with Crippen LogP contribution in [-0.4, -0.2) is 44.3 Å². The summed E-state index contributed by atoms with van der Waals surface area (Å²) in [6, 6.07) is 16.5. The van der Waals surface area contributed by atoms with Crippen LogP contribution in [0.1, 0.15) is 34.3 Å². The number of carbonyl (C=O) groups excluding carboxylic acids is 1. The predicted molar refractivity (Wildman–Crippen MR) is 132 cm³/mol. The summed E-state index contributed by atoms with van der Waals surface area (Å²) < 4.78 is 2.71. The second-order valence-electron chi connectivity index (χ2n) is 8.59. The molecule has 0 radical (unpaired) electrons. The number of anilines is 1. The number of nitrogens with zero attached hydrogens (tertiary/aromatic N) is 5. The van der Waals surface area contributed by atoms with Crippen LogP contribution in [0.2, 0.25) is 5.02 Å². The van der Waals surface area contributed by atoms with Gasteiger partial charge in [-0.15, -0.1) is 5.10 Å². The minimum atomic E-state index is -0.367. The largest absolute Gasteiger partial charge is 0.353 e. The molecule has 0 bridgehead atoms. The number of fused-ring (bicyclic) bond motifs is 1. The predicted octanol–water partition coefficient (Wildman–Crippen LogP) is 2.95.